The first-order chi connectivity index (χ1) is 11.1. The maximum absolute atomic E-state index is 12.4. The quantitative estimate of drug-likeness (QED) is 0.666. The minimum Gasteiger partial charge on any atom is -0.481 e. The van der Waals surface area contributed by atoms with Crippen molar-refractivity contribution in [1.29, 1.82) is 0 Å². The minimum atomic E-state index is -0.797. The minimum absolute atomic E-state index is 0. The Labute approximate surface area is 149 Å². The molecule has 1 saturated heterocycles. The number of nitrogens with zero attached hydrogens (tertiary/aromatic N) is 2. The molecule has 0 aliphatic carbocycles. The van der Waals surface area contributed by atoms with Gasteiger partial charge in [-0.3, -0.25) is 9.69 Å². The van der Waals surface area contributed by atoms with Gasteiger partial charge in [0.1, 0.15) is 0 Å². The fourth-order valence-electron chi connectivity index (χ4n) is 2.75. The van der Waals surface area contributed by atoms with Crippen LogP contribution in [-0.2, 0) is 11.2 Å². The maximum Gasteiger partial charge on any atom is 0.324 e. The number of rotatable bonds is 9. The lowest BCUT2D eigenvalue weighted by Gasteiger charge is -2.19. The third kappa shape index (κ3) is 5.69. The van der Waals surface area contributed by atoms with Gasteiger partial charge in [-0.25, -0.2) is 4.79 Å². The average Bonchev–Trinajstić information content (AvgIpc) is 2.91. The number of hydrogen-bond acceptors (Lipinski definition) is 3. The topological polar surface area (TPSA) is 86.9 Å². The molecule has 24 heavy (non-hydrogen) atoms. The van der Waals surface area contributed by atoms with Crippen LogP contribution in [0.4, 0.5) is 10.5 Å². The van der Waals surface area contributed by atoms with Crippen molar-refractivity contribution in [1.82, 2.24) is 4.90 Å². The monoisotopic (exact) mass is 355 g/mol. The van der Waals surface area contributed by atoms with Crippen LogP contribution in [0.15, 0.2) is 24.3 Å². The summed E-state index contributed by atoms with van der Waals surface area (Å²) in [5.74, 6) is -0.797. The number of unbranched alkanes of at least 4 members (excludes halogenated alkanes) is 2. The molecule has 0 bridgehead atoms. The summed E-state index contributed by atoms with van der Waals surface area (Å²) in [6.45, 7) is 2.94. The van der Waals surface area contributed by atoms with Crippen LogP contribution >= 0.6 is 12.4 Å². The molecule has 1 heterocycles. The van der Waals surface area contributed by atoms with Crippen LogP contribution in [0.1, 0.15) is 31.2 Å². The summed E-state index contributed by atoms with van der Waals surface area (Å²) >= 11 is 0. The van der Waals surface area contributed by atoms with E-state index in [1.54, 1.807) is 4.90 Å². The van der Waals surface area contributed by atoms with Gasteiger partial charge in [0.05, 0.1) is 0 Å². The molecule has 1 aliphatic heterocycles. The highest BCUT2D eigenvalue weighted by Gasteiger charge is 2.28. The van der Waals surface area contributed by atoms with Crippen molar-refractivity contribution in [3.8, 4) is 0 Å². The highest BCUT2D eigenvalue weighted by Crippen LogP contribution is 2.21. The zero-order chi connectivity index (χ0) is 16.7. The molecule has 0 aromatic heterocycles. The molecule has 1 aromatic rings. The zero-order valence-electron chi connectivity index (χ0n) is 13.8. The van der Waals surface area contributed by atoms with Gasteiger partial charge in [-0.05, 0) is 43.5 Å². The molecule has 7 heteroatoms. The molecule has 3 N–H and O–H groups in total. The van der Waals surface area contributed by atoms with Gasteiger partial charge in [-0.1, -0.05) is 18.6 Å². The summed E-state index contributed by atoms with van der Waals surface area (Å²) < 4.78 is 0. The third-order valence-electron chi connectivity index (χ3n) is 4.10. The SMILES string of the molecule is Cl.NCCCCCN1CCN(c2ccc(CCC(=O)O)cc2)C1=O. The lowest BCUT2D eigenvalue weighted by Crippen LogP contribution is -2.32. The second-order valence-corrected chi connectivity index (χ2v) is 5.83. The van der Waals surface area contributed by atoms with E-state index in [1.165, 1.54) is 0 Å². The van der Waals surface area contributed by atoms with Crippen LogP contribution in [0, 0.1) is 0 Å². The Kier molecular flexibility index (Phi) is 8.57. The number of hydrogen-bond donors (Lipinski definition) is 2. The van der Waals surface area contributed by atoms with E-state index < -0.39 is 5.97 Å². The summed E-state index contributed by atoms with van der Waals surface area (Å²) in [5, 5.41) is 8.71. The Morgan fingerprint density at radius 2 is 1.83 bits per heavy atom. The van der Waals surface area contributed by atoms with E-state index in [2.05, 4.69) is 0 Å². The highest BCUT2D eigenvalue weighted by atomic mass is 35.5. The molecule has 0 atom stereocenters. The van der Waals surface area contributed by atoms with Gasteiger partial charge in [-0.2, -0.15) is 0 Å². The van der Waals surface area contributed by atoms with Crippen LogP contribution in [0.5, 0.6) is 0 Å². The molecule has 2 rings (SSSR count). The van der Waals surface area contributed by atoms with Crippen molar-refractivity contribution >= 4 is 30.1 Å². The molecular formula is C17H26ClN3O3. The Bertz CT molecular complexity index is 536. The van der Waals surface area contributed by atoms with Gasteiger partial charge in [0.2, 0.25) is 0 Å². The number of aryl methyl sites for hydroxylation is 1. The fourth-order valence-corrected chi connectivity index (χ4v) is 2.75. The average molecular weight is 356 g/mol. The molecule has 0 saturated carbocycles. The van der Waals surface area contributed by atoms with Crippen molar-refractivity contribution in [2.24, 2.45) is 5.73 Å². The van der Waals surface area contributed by atoms with Crippen LogP contribution in [0.25, 0.3) is 0 Å². The number of nitrogens with two attached hydrogens (primary N) is 1. The first kappa shape index (κ1) is 20.3. The summed E-state index contributed by atoms with van der Waals surface area (Å²) in [6, 6.07) is 7.64. The molecule has 1 aromatic carbocycles. The number of benzene rings is 1. The van der Waals surface area contributed by atoms with Crippen molar-refractivity contribution in [3.63, 3.8) is 0 Å². The lowest BCUT2D eigenvalue weighted by molar-refractivity contribution is -0.136. The van der Waals surface area contributed by atoms with E-state index in [4.69, 9.17) is 10.8 Å². The Balaban J connectivity index is 0.00000288. The van der Waals surface area contributed by atoms with Crippen LogP contribution < -0.4 is 10.6 Å². The number of carboxylic acid groups (broad SMARTS) is 1. The summed E-state index contributed by atoms with van der Waals surface area (Å²) in [6.07, 6.45) is 3.68. The smallest absolute Gasteiger partial charge is 0.324 e. The molecule has 2 amide bonds. The molecule has 1 fully saturated rings. The van der Waals surface area contributed by atoms with Crippen molar-refractivity contribution in [2.45, 2.75) is 32.1 Å². The maximum atomic E-state index is 12.4. The largest absolute Gasteiger partial charge is 0.481 e. The van der Waals surface area contributed by atoms with Crippen LogP contribution in [0.2, 0.25) is 0 Å². The molecule has 134 valence electrons. The van der Waals surface area contributed by atoms with Crippen molar-refractivity contribution in [2.75, 3.05) is 31.1 Å². The summed E-state index contributed by atoms with van der Waals surface area (Å²) in [5.41, 5.74) is 7.32. The second kappa shape index (κ2) is 10.2. The van der Waals surface area contributed by atoms with Gasteiger partial charge < -0.3 is 15.7 Å². The molecular weight excluding hydrogens is 330 g/mol. The fraction of sp³-hybridized carbons (Fsp3) is 0.529. The van der Waals surface area contributed by atoms with Crippen molar-refractivity contribution in [3.05, 3.63) is 29.8 Å². The lowest BCUT2D eigenvalue weighted by atomic mass is 10.1. The molecule has 0 spiro atoms. The predicted molar refractivity (Wildman–Crippen MR) is 96.9 cm³/mol. The van der Waals surface area contributed by atoms with Crippen LogP contribution in [0.3, 0.4) is 0 Å². The summed E-state index contributed by atoms with van der Waals surface area (Å²) in [4.78, 5) is 26.7. The number of halogens is 1. The van der Waals surface area contributed by atoms with E-state index >= 15 is 0 Å². The Morgan fingerprint density at radius 1 is 1.12 bits per heavy atom. The number of amides is 2. The summed E-state index contributed by atoms with van der Waals surface area (Å²) in [7, 11) is 0. The van der Waals surface area contributed by atoms with Crippen molar-refractivity contribution < 1.29 is 14.7 Å². The number of carbonyl (C=O) groups excluding carboxylic acids is 1. The van der Waals surface area contributed by atoms with Gasteiger partial charge in [0.25, 0.3) is 0 Å². The van der Waals surface area contributed by atoms with E-state index in [0.717, 1.165) is 43.6 Å². The first-order valence-electron chi connectivity index (χ1n) is 8.19. The van der Waals surface area contributed by atoms with E-state index in [-0.39, 0.29) is 24.9 Å². The zero-order valence-corrected chi connectivity index (χ0v) is 14.6. The number of urea groups is 1. The van der Waals surface area contributed by atoms with E-state index in [9.17, 15) is 9.59 Å². The molecule has 6 nitrogen and oxygen atoms in total. The molecule has 1 aliphatic rings. The van der Waals surface area contributed by atoms with Gasteiger partial charge in [0, 0.05) is 31.7 Å². The second-order valence-electron chi connectivity index (χ2n) is 5.83. The van der Waals surface area contributed by atoms with Gasteiger partial charge >= 0.3 is 12.0 Å². The van der Waals surface area contributed by atoms with E-state index in [0.29, 0.717) is 19.5 Å². The molecule has 0 radical (unpaired) electrons. The normalized spacial score (nSPS) is 14.0. The third-order valence-corrected chi connectivity index (χ3v) is 4.10. The number of anilines is 1. The number of aliphatic carboxylic acids is 1. The number of carboxylic acids is 1. The predicted octanol–water partition coefficient (Wildman–Crippen LogP) is 2.50. The number of carbonyl (C=O) groups is 2. The van der Waals surface area contributed by atoms with Crippen LogP contribution in [-0.4, -0.2) is 48.2 Å². The highest BCUT2D eigenvalue weighted by molar-refractivity contribution is 5.94. The Hall–Kier alpha value is -1.79. The van der Waals surface area contributed by atoms with Gasteiger partial charge in [-0.15, -0.1) is 12.4 Å². The molecule has 0 unspecified atom stereocenters. The van der Waals surface area contributed by atoms with E-state index in [1.807, 2.05) is 29.2 Å². The first-order valence-corrected chi connectivity index (χ1v) is 8.19. The van der Waals surface area contributed by atoms with Gasteiger partial charge in [0.15, 0.2) is 0 Å². The standard InChI is InChI=1S/C17H25N3O3.ClH/c18-10-2-1-3-11-19-12-13-20(17(19)23)15-7-4-14(5-8-15)6-9-16(21)22;/h4-5,7-8H,1-3,6,9-13,18H2,(H,21,22);1H. The Morgan fingerprint density at radius 3 is 2.46 bits per heavy atom.